The van der Waals surface area contributed by atoms with Crippen LogP contribution in [0.25, 0.3) is 0 Å². The Morgan fingerprint density at radius 3 is 0.900 bits per heavy atom. The Morgan fingerprint density at radius 1 is 0.700 bits per heavy atom. The maximum Gasteiger partial charge on any atom is 0.0627 e. The van der Waals surface area contributed by atoms with E-state index in [-0.39, 0.29) is 4.70 Å². The predicted octanol–water partition coefficient (Wildman–Crippen LogP) is -1.91. The monoisotopic (exact) mass is 156 g/mol. The van der Waals surface area contributed by atoms with Crippen molar-refractivity contribution >= 4 is 0 Å². The molecule has 0 saturated heterocycles. The van der Waals surface area contributed by atoms with E-state index >= 15 is 0 Å². The van der Waals surface area contributed by atoms with Crippen LogP contribution in [0.1, 0.15) is 0 Å². The first-order valence-corrected chi connectivity index (χ1v) is 2.68. The molecule has 0 aliphatic rings. The molecule has 0 amide bonds. The topological polar surface area (TPSA) is 80.9 Å². The summed E-state index contributed by atoms with van der Waals surface area (Å²) in [6.07, 6.45) is 0. The van der Waals surface area contributed by atoms with E-state index in [4.69, 9.17) is 20.4 Å². The Hall–Kier alpha value is -0.230. The van der Waals surface area contributed by atoms with Crippen molar-refractivity contribution in [1.82, 2.24) is 0 Å². The highest BCUT2D eigenvalue weighted by Crippen LogP contribution is 2.11. The van der Waals surface area contributed by atoms with E-state index in [0.717, 1.165) is 0 Å². The fourth-order valence-electron chi connectivity index (χ4n) is 0.300. The van der Waals surface area contributed by atoms with Gasteiger partial charge < -0.3 is 20.4 Å². The van der Waals surface area contributed by atoms with Gasteiger partial charge in [-0.15, -0.1) is 0 Å². The minimum absolute atomic E-state index is 0. The molecule has 4 nitrogen and oxygen atoms in total. The number of rotatable bonds is 4. The molecule has 10 heavy (non-hydrogen) atoms. The summed E-state index contributed by atoms with van der Waals surface area (Å²) in [5.74, 6) is 0. The van der Waals surface area contributed by atoms with Gasteiger partial charge in [-0.05, 0) is 0 Å². The van der Waals surface area contributed by atoms with E-state index in [1.165, 1.54) is 0 Å². The number of hydrogen-bond acceptors (Lipinski definition) is 4. The maximum absolute atomic E-state index is 8.50. The zero-order valence-corrected chi connectivity index (χ0v) is 5.53. The van der Waals surface area contributed by atoms with Gasteiger partial charge in [-0.3, -0.25) is 4.70 Å². The Morgan fingerprint density at radius 2 is 0.900 bits per heavy atom. The summed E-state index contributed by atoms with van der Waals surface area (Å²) in [7, 11) is 0. The van der Waals surface area contributed by atoms with Crippen LogP contribution in [0.15, 0.2) is 0 Å². The summed E-state index contributed by atoms with van der Waals surface area (Å²) < 4.78 is 0. The van der Waals surface area contributed by atoms with Gasteiger partial charge >= 0.3 is 0 Å². The number of aliphatic hydroxyl groups is 4. The average molecular weight is 156 g/mol. The van der Waals surface area contributed by atoms with Gasteiger partial charge in [0.15, 0.2) is 0 Å². The normalized spacial score (nSPS) is 10.8. The lowest BCUT2D eigenvalue weighted by Gasteiger charge is -2.23. The molecule has 0 radical (unpaired) electrons. The average Bonchev–Trinajstić information content (AvgIpc) is 1.95. The lowest BCUT2D eigenvalue weighted by molar-refractivity contribution is -0.0328. The predicted molar refractivity (Wildman–Crippen MR) is 33.3 cm³/mol. The van der Waals surface area contributed by atoms with Crippen molar-refractivity contribution in [3.8, 4) is 0 Å². The van der Waals surface area contributed by atoms with Crippen molar-refractivity contribution < 1.29 is 25.1 Å². The second-order valence-corrected chi connectivity index (χ2v) is 2.13. The minimum Gasteiger partial charge on any atom is -0.396 e. The summed E-state index contributed by atoms with van der Waals surface area (Å²) in [6.45, 7) is -1.62. The van der Waals surface area contributed by atoms with E-state index in [2.05, 4.69) is 0 Å². The van der Waals surface area contributed by atoms with Crippen LogP contribution < -0.4 is 0 Å². The van der Waals surface area contributed by atoms with Crippen molar-refractivity contribution in [3.63, 3.8) is 0 Å². The third-order valence-electron chi connectivity index (χ3n) is 1.34. The smallest absolute Gasteiger partial charge is 0.0627 e. The van der Waals surface area contributed by atoms with Crippen molar-refractivity contribution in [2.24, 2.45) is 5.41 Å². The summed E-state index contributed by atoms with van der Waals surface area (Å²) >= 11 is 0. The summed E-state index contributed by atoms with van der Waals surface area (Å²) in [5.41, 5.74) is -1.11. The van der Waals surface area contributed by atoms with Crippen LogP contribution in [0, 0.1) is 5.41 Å². The molecule has 0 unspecified atom stereocenters. The maximum atomic E-state index is 8.50. The van der Waals surface area contributed by atoms with Crippen LogP contribution in [0.3, 0.4) is 0 Å². The second kappa shape index (κ2) is 5.55. The van der Waals surface area contributed by atoms with Crippen LogP contribution in [0.5, 0.6) is 0 Å². The highest BCUT2D eigenvalue weighted by atomic mass is 19.0. The lowest BCUT2D eigenvalue weighted by atomic mass is 9.93. The molecular formula is C5H13FO4. The van der Waals surface area contributed by atoms with Gasteiger partial charge in [-0.1, -0.05) is 0 Å². The molecule has 0 aromatic rings. The van der Waals surface area contributed by atoms with Crippen LogP contribution in [-0.4, -0.2) is 46.9 Å². The Kier molecular flexibility index (Phi) is 6.90. The molecule has 0 fully saturated rings. The molecule has 0 saturated carbocycles. The molecule has 0 bridgehead atoms. The molecule has 0 atom stereocenters. The summed E-state index contributed by atoms with van der Waals surface area (Å²) in [4.78, 5) is 0. The van der Waals surface area contributed by atoms with Crippen LogP contribution in [-0.2, 0) is 0 Å². The van der Waals surface area contributed by atoms with Gasteiger partial charge in [0.2, 0.25) is 0 Å². The third-order valence-corrected chi connectivity index (χ3v) is 1.34. The summed E-state index contributed by atoms with van der Waals surface area (Å²) in [6, 6.07) is 0. The van der Waals surface area contributed by atoms with Crippen molar-refractivity contribution in [3.05, 3.63) is 0 Å². The fraction of sp³-hybridized carbons (Fsp3) is 1.00. The first-order valence-electron chi connectivity index (χ1n) is 2.68. The molecule has 0 spiro atoms. The molecule has 5 heteroatoms. The van der Waals surface area contributed by atoms with E-state index in [1.54, 1.807) is 0 Å². The zero-order chi connectivity index (χ0) is 7.33. The molecule has 0 aliphatic heterocycles. The van der Waals surface area contributed by atoms with Gasteiger partial charge in [0.25, 0.3) is 0 Å². The first kappa shape index (κ1) is 12.4. The Labute approximate surface area is 58.1 Å². The van der Waals surface area contributed by atoms with E-state index in [0.29, 0.717) is 0 Å². The highest BCUT2D eigenvalue weighted by molar-refractivity contribution is 4.74. The molecule has 0 heterocycles. The SMILES string of the molecule is F.OCC(CO)(CO)CO. The van der Waals surface area contributed by atoms with Gasteiger partial charge in [-0.25, -0.2) is 0 Å². The van der Waals surface area contributed by atoms with Crippen LogP contribution >= 0.6 is 0 Å². The number of hydrogen-bond donors (Lipinski definition) is 4. The third kappa shape index (κ3) is 2.57. The van der Waals surface area contributed by atoms with Crippen molar-refractivity contribution in [1.29, 1.82) is 0 Å². The quantitative estimate of drug-likeness (QED) is 0.383. The van der Waals surface area contributed by atoms with Crippen molar-refractivity contribution in [2.45, 2.75) is 0 Å². The molecule has 0 aromatic carbocycles. The largest absolute Gasteiger partial charge is 0.396 e. The van der Waals surface area contributed by atoms with Crippen LogP contribution in [0.2, 0.25) is 0 Å². The Balaban J connectivity index is 0. The van der Waals surface area contributed by atoms with Gasteiger partial charge in [0, 0.05) is 0 Å². The van der Waals surface area contributed by atoms with E-state index < -0.39 is 31.8 Å². The molecule has 4 N–H and O–H groups in total. The van der Waals surface area contributed by atoms with Gasteiger partial charge in [0.05, 0.1) is 31.8 Å². The van der Waals surface area contributed by atoms with Crippen LogP contribution in [0.4, 0.5) is 4.70 Å². The Bertz CT molecular complexity index is 56.5. The molecule has 64 valence electrons. The van der Waals surface area contributed by atoms with Gasteiger partial charge in [0.1, 0.15) is 0 Å². The molecule has 0 aromatic heterocycles. The summed E-state index contributed by atoms with van der Waals surface area (Å²) in [5, 5.41) is 34.0. The molecular weight excluding hydrogens is 143 g/mol. The van der Waals surface area contributed by atoms with E-state index in [9.17, 15) is 0 Å². The minimum atomic E-state index is -1.11. The molecule has 0 aliphatic carbocycles. The van der Waals surface area contributed by atoms with Gasteiger partial charge in [-0.2, -0.15) is 0 Å². The standard InChI is InChI=1S/C5H12O4.FH/c6-1-5(2-7,3-8)4-9;/h6-9H,1-4H2;1H. The number of aliphatic hydroxyl groups excluding tert-OH is 4. The number of halogens is 1. The fourth-order valence-corrected chi connectivity index (χ4v) is 0.300. The first-order chi connectivity index (χ1) is 4.24. The highest BCUT2D eigenvalue weighted by Gasteiger charge is 2.26. The lowest BCUT2D eigenvalue weighted by Crippen LogP contribution is -2.37. The molecule has 0 rings (SSSR count). The van der Waals surface area contributed by atoms with E-state index in [1.807, 2.05) is 0 Å². The zero-order valence-electron chi connectivity index (χ0n) is 5.53. The second-order valence-electron chi connectivity index (χ2n) is 2.13. The van der Waals surface area contributed by atoms with Crippen molar-refractivity contribution in [2.75, 3.05) is 26.4 Å².